The largest absolute Gasteiger partial charge is 0.390 e. The molecule has 1 aliphatic carbocycles. The van der Waals surface area contributed by atoms with Crippen LogP contribution >= 0.6 is 0 Å². The van der Waals surface area contributed by atoms with Crippen LogP contribution in [-0.2, 0) is 0 Å². The molecule has 0 aromatic heterocycles. The molecule has 0 fully saturated rings. The lowest BCUT2D eigenvalue weighted by molar-refractivity contribution is 0.0862. The van der Waals surface area contributed by atoms with Gasteiger partial charge < -0.3 is 5.11 Å². The number of benzene rings is 1. The first kappa shape index (κ1) is 11.4. The lowest BCUT2D eigenvalue weighted by atomic mass is 9.80. The third kappa shape index (κ3) is 2.35. The van der Waals surface area contributed by atoms with Gasteiger partial charge in [0.15, 0.2) is 0 Å². The van der Waals surface area contributed by atoms with E-state index in [4.69, 9.17) is 0 Å². The molecular weight excluding hydrogens is 196 g/mol. The van der Waals surface area contributed by atoms with Crippen LogP contribution in [0.5, 0.6) is 0 Å². The fourth-order valence-corrected chi connectivity index (χ4v) is 2.41. The minimum atomic E-state index is -0.625. The Morgan fingerprint density at radius 3 is 2.69 bits per heavy atom. The predicted octanol–water partition coefficient (Wildman–Crippen LogP) is 3.74. The molecule has 0 saturated carbocycles. The molecule has 0 saturated heterocycles. The SMILES string of the molecule is CC1CC=C(CC(C)(C)O)c2ccccc21. The highest BCUT2D eigenvalue weighted by atomic mass is 16.3. The highest BCUT2D eigenvalue weighted by Gasteiger charge is 2.22. The third-order valence-electron chi connectivity index (χ3n) is 3.18. The topological polar surface area (TPSA) is 20.2 Å². The lowest BCUT2D eigenvalue weighted by Gasteiger charge is -2.26. The lowest BCUT2D eigenvalue weighted by Crippen LogP contribution is -2.20. The Morgan fingerprint density at radius 2 is 2.00 bits per heavy atom. The van der Waals surface area contributed by atoms with Crippen LogP contribution in [0.25, 0.3) is 5.57 Å². The summed E-state index contributed by atoms with van der Waals surface area (Å²) in [5.41, 5.74) is 3.41. The second-order valence-electron chi connectivity index (χ2n) is 5.44. The summed E-state index contributed by atoms with van der Waals surface area (Å²) < 4.78 is 0. The molecular formula is C15H20O. The highest BCUT2D eigenvalue weighted by molar-refractivity contribution is 5.71. The summed E-state index contributed by atoms with van der Waals surface area (Å²) >= 11 is 0. The molecule has 0 amide bonds. The number of hydrogen-bond donors (Lipinski definition) is 1. The molecule has 0 bridgehead atoms. The predicted molar refractivity (Wildman–Crippen MR) is 68.4 cm³/mol. The molecule has 0 spiro atoms. The Balaban J connectivity index is 2.36. The van der Waals surface area contributed by atoms with E-state index >= 15 is 0 Å². The van der Waals surface area contributed by atoms with Gasteiger partial charge in [-0.2, -0.15) is 0 Å². The molecule has 0 radical (unpaired) electrons. The van der Waals surface area contributed by atoms with Gasteiger partial charge in [0.05, 0.1) is 5.60 Å². The van der Waals surface area contributed by atoms with Crippen molar-refractivity contribution in [2.24, 2.45) is 0 Å². The van der Waals surface area contributed by atoms with Gasteiger partial charge in [-0.1, -0.05) is 37.3 Å². The molecule has 86 valence electrons. The molecule has 1 nitrogen and oxygen atoms in total. The minimum Gasteiger partial charge on any atom is -0.390 e. The zero-order chi connectivity index (χ0) is 11.8. The smallest absolute Gasteiger partial charge is 0.0632 e. The van der Waals surface area contributed by atoms with Gasteiger partial charge in [-0.25, -0.2) is 0 Å². The maximum Gasteiger partial charge on any atom is 0.0632 e. The van der Waals surface area contributed by atoms with Gasteiger partial charge in [0, 0.05) is 6.42 Å². The van der Waals surface area contributed by atoms with Crippen molar-refractivity contribution in [2.75, 3.05) is 0 Å². The van der Waals surface area contributed by atoms with E-state index in [0.717, 1.165) is 12.8 Å². The average Bonchev–Trinajstić information content (AvgIpc) is 2.21. The van der Waals surface area contributed by atoms with Crippen LogP contribution in [0.3, 0.4) is 0 Å². The van der Waals surface area contributed by atoms with Crippen LogP contribution in [-0.4, -0.2) is 10.7 Å². The van der Waals surface area contributed by atoms with E-state index < -0.39 is 5.60 Å². The van der Waals surface area contributed by atoms with Gasteiger partial charge in [-0.05, 0) is 42.9 Å². The van der Waals surface area contributed by atoms with E-state index in [-0.39, 0.29) is 0 Å². The van der Waals surface area contributed by atoms with Crippen LogP contribution in [0.1, 0.15) is 50.7 Å². The third-order valence-corrected chi connectivity index (χ3v) is 3.18. The maximum absolute atomic E-state index is 9.92. The van der Waals surface area contributed by atoms with Gasteiger partial charge in [0.1, 0.15) is 0 Å². The molecule has 2 rings (SSSR count). The van der Waals surface area contributed by atoms with Crippen molar-refractivity contribution >= 4 is 5.57 Å². The van der Waals surface area contributed by atoms with Crippen molar-refractivity contribution in [2.45, 2.75) is 45.1 Å². The zero-order valence-electron chi connectivity index (χ0n) is 10.3. The number of fused-ring (bicyclic) bond motifs is 1. The summed E-state index contributed by atoms with van der Waals surface area (Å²) in [4.78, 5) is 0. The van der Waals surface area contributed by atoms with Crippen LogP contribution < -0.4 is 0 Å². The van der Waals surface area contributed by atoms with E-state index in [1.165, 1.54) is 16.7 Å². The molecule has 1 unspecified atom stereocenters. The summed E-state index contributed by atoms with van der Waals surface area (Å²) in [7, 11) is 0. The Morgan fingerprint density at radius 1 is 1.31 bits per heavy atom. The van der Waals surface area contributed by atoms with Crippen molar-refractivity contribution in [3.8, 4) is 0 Å². The van der Waals surface area contributed by atoms with E-state index in [1.807, 2.05) is 13.8 Å². The maximum atomic E-state index is 9.92. The van der Waals surface area contributed by atoms with Crippen molar-refractivity contribution in [3.63, 3.8) is 0 Å². The van der Waals surface area contributed by atoms with E-state index in [1.54, 1.807) is 0 Å². The Labute approximate surface area is 97.8 Å². The zero-order valence-corrected chi connectivity index (χ0v) is 10.3. The highest BCUT2D eigenvalue weighted by Crippen LogP contribution is 2.37. The number of aliphatic hydroxyl groups is 1. The van der Waals surface area contributed by atoms with Gasteiger partial charge in [0.25, 0.3) is 0 Å². The molecule has 1 aromatic rings. The summed E-state index contributed by atoms with van der Waals surface area (Å²) in [6, 6.07) is 8.55. The molecule has 1 aromatic carbocycles. The van der Waals surface area contributed by atoms with Gasteiger partial charge in [0.2, 0.25) is 0 Å². The van der Waals surface area contributed by atoms with Gasteiger partial charge in [-0.3, -0.25) is 0 Å². The fraction of sp³-hybridized carbons (Fsp3) is 0.467. The van der Waals surface area contributed by atoms with Crippen LogP contribution in [0.2, 0.25) is 0 Å². The first-order chi connectivity index (χ1) is 7.47. The molecule has 0 heterocycles. The first-order valence-electron chi connectivity index (χ1n) is 5.98. The van der Waals surface area contributed by atoms with Crippen molar-refractivity contribution < 1.29 is 5.11 Å². The fourth-order valence-electron chi connectivity index (χ4n) is 2.41. The number of hydrogen-bond acceptors (Lipinski definition) is 1. The molecule has 0 aliphatic heterocycles. The van der Waals surface area contributed by atoms with Gasteiger partial charge >= 0.3 is 0 Å². The second-order valence-corrected chi connectivity index (χ2v) is 5.44. The van der Waals surface area contributed by atoms with Gasteiger partial charge in [-0.15, -0.1) is 0 Å². The summed E-state index contributed by atoms with van der Waals surface area (Å²) in [5.74, 6) is 0.599. The number of rotatable bonds is 2. The normalized spacial score (nSPS) is 20.2. The first-order valence-corrected chi connectivity index (χ1v) is 5.98. The quantitative estimate of drug-likeness (QED) is 0.798. The van der Waals surface area contributed by atoms with Crippen LogP contribution in [0.4, 0.5) is 0 Å². The second kappa shape index (κ2) is 4.06. The Bertz CT molecular complexity index is 410. The molecule has 1 heteroatoms. The van der Waals surface area contributed by atoms with Crippen LogP contribution in [0.15, 0.2) is 30.3 Å². The number of allylic oxidation sites excluding steroid dienone is 1. The van der Waals surface area contributed by atoms with Crippen molar-refractivity contribution in [1.29, 1.82) is 0 Å². The molecule has 1 aliphatic rings. The average molecular weight is 216 g/mol. The summed E-state index contributed by atoms with van der Waals surface area (Å²) in [5, 5.41) is 9.92. The standard InChI is InChI=1S/C15H20O/c1-11-8-9-12(10-15(2,3)16)14-7-5-4-6-13(11)14/h4-7,9,11,16H,8,10H2,1-3H3. The molecule has 16 heavy (non-hydrogen) atoms. The van der Waals surface area contributed by atoms with Crippen LogP contribution in [0, 0.1) is 0 Å². The van der Waals surface area contributed by atoms with Crippen molar-refractivity contribution in [3.05, 3.63) is 41.5 Å². The Hall–Kier alpha value is -1.08. The minimum absolute atomic E-state index is 0.599. The van der Waals surface area contributed by atoms with E-state index in [0.29, 0.717) is 5.92 Å². The Kier molecular flexibility index (Phi) is 2.90. The molecule has 1 N–H and O–H groups in total. The van der Waals surface area contributed by atoms with E-state index in [9.17, 15) is 5.11 Å². The van der Waals surface area contributed by atoms with E-state index in [2.05, 4.69) is 37.3 Å². The molecule has 1 atom stereocenters. The summed E-state index contributed by atoms with van der Waals surface area (Å²) in [6.45, 7) is 6.00. The van der Waals surface area contributed by atoms with Crippen molar-refractivity contribution in [1.82, 2.24) is 0 Å². The monoisotopic (exact) mass is 216 g/mol. The summed E-state index contributed by atoms with van der Waals surface area (Å²) in [6.07, 6.45) is 4.10.